The summed E-state index contributed by atoms with van der Waals surface area (Å²) in [6, 6.07) is 0. The Morgan fingerprint density at radius 3 is 2.60 bits per heavy atom. The highest BCUT2D eigenvalue weighted by Crippen LogP contribution is 2.72. The smallest absolute Gasteiger partial charge is 0.390 e. The number of aliphatic hydroxyl groups excluding tert-OH is 1. The highest BCUT2D eigenvalue weighted by atomic mass is 31.2. The van der Waals surface area contributed by atoms with Crippen LogP contribution in [0.5, 0.6) is 0 Å². The highest BCUT2D eigenvalue weighted by molar-refractivity contribution is 7.46. The Hall–Kier alpha value is -1.26. The number of carbonyl (C=O) groups is 2. The predicted octanol–water partition coefficient (Wildman–Crippen LogP) is 2.54. The molecular formula is C24H32FO9P. The molecule has 5 aliphatic rings. The number of alkyl halides is 1. The summed E-state index contributed by atoms with van der Waals surface area (Å²) in [7, 11) is -4.94. The van der Waals surface area contributed by atoms with Crippen molar-refractivity contribution in [1.82, 2.24) is 0 Å². The third kappa shape index (κ3) is 3.24. The molecule has 3 N–H and O–H groups in total. The van der Waals surface area contributed by atoms with E-state index in [2.05, 4.69) is 4.52 Å². The van der Waals surface area contributed by atoms with Crippen LogP contribution in [0.25, 0.3) is 0 Å². The van der Waals surface area contributed by atoms with E-state index in [0.717, 1.165) is 0 Å². The number of hydrogen-bond acceptors (Lipinski definition) is 7. The summed E-state index contributed by atoms with van der Waals surface area (Å²) >= 11 is 0. The lowest BCUT2D eigenvalue weighted by molar-refractivity contribution is -0.246. The van der Waals surface area contributed by atoms with Crippen molar-refractivity contribution in [3.05, 3.63) is 23.8 Å². The van der Waals surface area contributed by atoms with Gasteiger partial charge in [0.05, 0.1) is 12.2 Å². The molecule has 1 heterocycles. The van der Waals surface area contributed by atoms with Crippen LogP contribution in [0.15, 0.2) is 23.8 Å². The van der Waals surface area contributed by atoms with Gasteiger partial charge in [0.1, 0.15) is 6.61 Å². The first-order valence-electron chi connectivity index (χ1n) is 11.9. The lowest BCUT2D eigenvalue weighted by Gasteiger charge is -2.62. The maximum absolute atomic E-state index is 17.3. The monoisotopic (exact) mass is 514 g/mol. The Morgan fingerprint density at radius 1 is 1.26 bits per heavy atom. The van der Waals surface area contributed by atoms with Crippen LogP contribution in [0.3, 0.4) is 0 Å². The molecule has 0 aromatic rings. The minimum absolute atomic E-state index is 0.132. The van der Waals surface area contributed by atoms with Gasteiger partial charge in [-0.2, -0.15) is 0 Å². The zero-order valence-corrected chi connectivity index (χ0v) is 21.1. The van der Waals surface area contributed by atoms with Gasteiger partial charge in [-0.3, -0.25) is 14.1 Å². The summed E-state index contributed by atoms with van der Waals surface area (Å²) in [4.78, 5) is 44.0. The molecule has 0 unspecified atom stereocenters. The van der Waals surface area contributed by atoms with Gasteiger partial charge in [-0.15, -0.1) is 0 Å². The van der Waals surface area contributed by atoms with E-state index < -0.39 is 72.1 Å². The average Bonchev–Trinajstić information content (AvgIpc) is 3.14. The van der Waals surface area contributed by atoms with Crippen LogP contribution >= 0.6 is 7.82 Å². The van der Waals surface area contributed by atoms with E-state index in [0.29, 0.717) is 18.4 Å². The standard InChI is InChI=1S/C24H32FO9P/c1-20(2)33-19-10-16-15-6-5-13-9-14(26)7-8-21(13,3)23(15,25)17(27)11-22(16,4)24(19,34-20)18(28)12-32-35(29,30)31/h7-9,15-17,19,27H,5-6,10-12H2,1-4H3,(H2,29,30,31)/t15-,16-,17+,19+,21+,22+,23-,24-/m1/s1. The summed E-state index contributed by atoms with van der Waals surface area (Å²) in [6.07, 6.45) is 3.06. The Balaban J connectivity index is 1.59. The number of ketones is 2. The molecule has 9 nitrogen and oxygen atoms in total. The molecule has 1 saturated heterocycles. The SMILES string of the molecule is CC1(C)O[C@H]2C[C@@H]3[C@H]4CCC5=CC(=O)C=C[C@]5(C)[C@]4(F)[C@@H](O)C[C@]3(C)[C@]2(C(=O)COP(=O)(O)O)O1. The fourth-order valence-electron chi connectivity index (χ4n) is 8.06. The largest absolute Gasteiger partial charge is 0.470 e. The number of halogens is 1. The van der Waals surface area contributed by atoms with Crippen molar-refractivity contribution >= 4 is 19.4 Å². The molecular weight excluding hydrogens is 482 g/mol. The zero-order valence-electron chi connectivity index (χ0n) is 20.2. The maximum atomic E-state index is 17.3. The van der Waals surface area contributed by atoms with Crippen molar-refractivity contribution in [3.8, 4) is 0 Å². The molecule has 0 aromatic heterocycles. The summed E-state index contributed by atoms with van der Waals surface area (Å²) in [5, 5.41) is 11.5. The van der Waals surface area contributed by atoms with Gasteiger partial charge in [0.2, 0.25) is 0 Å². The van der Waals surface area contributed by atoms with Crippen LogP contribution in [0, 0.1) is 22.7 Å². The number of fused-ring (bicyclic) bond motifs is 7. The Labute approximate surface area is 202 Å². The number of rotatable bonds is 4. The third-order valence-corrected chi connectivity index (χ3v) is 9.88. The van der Waals surface area contributed by atoms with Gasteiger partial charge in [0, 0.05) is 16.7 Å². The fraction of sp³-hybridized carbons (Fsp3) is 0.750. The molecule has 0 radical (unpaired) electrons. The maximum Gasteiger partial charge on any atom is 0.470 e. The predicted molar refractivity (Wildman–Crippen MR) is 120 cm³/mol. The molecule has 0 bridgehead atoms. The molecule has 0 aromatic carbocycles. The molecule has 4 fully saturated rings. The highest BCUT2D eigenvalue weighted by Gasteiger charge is 2.80. The normalized spacial score (nSPS) is 48.0. The second-order valence-electron chi connectivity index (χ2n) is 11.5. The molecule has 1 aliphatic heterocycles. The summed E-state index contributed by atoms with van der Waals surface area (Å²) < 4.78 is 45.5. The van der Waals surface area contributed by atoms with Gasteiger partial charge in [-0.1, -0.05) is 18.6 Å². The summed E-state index contributed by atoms with van der Waals surface area (Å²) in [5.41, 5.74) is -5.37. The lowest BCUT2D eigenvalue weighted by Crippen LogP contribution is -2.70. The Bertz CT molecular complexity index is 1100. The minimum Gasteiger partial charge on any atom is -0.390 e. The van der Waals surface area contributed by atoms with Gasteiger partial charge in [0.25, 0.3) is 0 Å². The van der Waals surface area contributed by atoms with Crippen molar-refractivity contribution in [2.45, 2.75) is 82.6 Å². The van der Waals surface area contributed by atoms with E-state index >= 15 is 4.39 Å². The third-order valence-electron chi connectivity index (χ3n) is 9.41. The van der Waals surface area contributed by atoms with E-state index in [1.807, 2.05) is 0 Å². The molecule has 0 spiro atoms. The Kier molecular flexibility index (Phi) is 5.37. The number of phosphoric acid groups is 1. The van der Waals surface area contributed by atoms with Crippen LogP contribution in [0.1, 0.15) is 53.4 Å². The van der Waals surface area contributed by atoms with E-state index in [1.165, 1.54) is 12.2 Å². The molecule has 4 aliphatic carbocycles. The number of carbonyl (C=O) groups excluding carboxylic acids is 2. The first kappa shape index (κ1) is 25.4. The lowest BCUT2D eigenvalue weighted by atomic mass is 9.44. The summed E-state index contributed by atoms with van der Waals surface area (Å²) in [5.74, 6) is -3.17. The van der Waals surface area contributed by atoms with Crippen LogP contribution < -0.4 is 0 Å². The van der Waals surface area contributed by atoms with Crippen molar-refractivity contribution in [3.63, 3.8) is 0 Å². The number of allylic oxidation sites excluding steroid dienone is 4. The molecule has 35 heavy (non-hydrogen) atoms. The van der Waals surface area contributed by atoms with Crippen molar-refractivity contribution in [2.75, 3.05) is 6.61 Å². The van der Waals surface area contributed by atoms with E-state index in [1.54, 1.807) is 33.8 Å². The molecule has 0 amide bonds. The number of aliphatic hydroxyl groups is 1. The van der Waals surface area contributed by atoms with Crippen molar-refractivity contribution in [1.29, 1.82) is 0 Å². The fourth-order valence-corrected chi connectivity index (χ4v) is 8.34. The topological polar surface area (TPSA) is 140 Å². The second kappa shape index (κ2) is 7.40. The first-order chi connectivity index (χ1) is 16.0. The van der Waals surface area contributed by atoms with Gasteiger partial charge >= 0.3 is 7.82 Å². The zero-order chi connectivity index (χ0) is 25.8. The minimum atomic E-state index is -4.94. The van der Waals surface area contributed by atoms with Crippen LogP contribution in [0.4, 0.5) is 4.39 Å². The Morgan fingerprint density at radius 2 is 1.94 bits per heavy atom. The second-order valence-corrected chi connectivity index (χ2v) is 12.8. The molecule has 8 atom stereocenters. The summed E-state index contributed by atoms with van der Waals surface area (Å²) in [6.45, 7) is 5.86. The average molecular weight is 514 g/mol. The van der Waals surface area contributed by atoms with Crippen molar-refractivity contribution < 1.29 is 47.4 Å². The van der Waals surface area contributed by atoms with Crippen LogP contribution in [-0.4, -0.2) is 62.3 Å². The van der Waals surface area contributed by atoms with Crippen LogP contribution in [-0.2, 0) is 28.2 Å². The van der Waals surface area contributed by atoms with Gasteiger partial charge in [-0.25, -0.2) is 8.96 Å². The number of ether oxygens (including phenoxy) is 2. The first-order valence-corrected chi connectivity index (χ1v) is 13.5. The number of phosphoric ester groups is 1. The molecule has 3 saturated carbocycles. The number of Topliss-reactive ketones (excluding diaryl/α,β-unsaturated/α-hetero) is 1. The van der Waals surface area contributed by atoms with E-state index in [-0.39, 0.29) is 18.6 Å². The molecule has 11 heteroatoms. The molecule has 194 valence electrons. The van der Waals surface area contributed by atoms with Crippen molar-refractivity contribution in [2.24, 2.45) is 22.7 Å². The van der Waals surface area contributed by atoms with Gasteiger partial charge in [-0.05, 0) is 64.5 Å². The van der Waals surface area contributed by atoms with Gasteiger partial charge in [0.15, 0.2) is 28.6 Å². The quantitative estimate of drug-likeness (QED) is 0.483. The van der Waals surface area contributed by atoms with Gasteiger partial charge < -0.3 is 24.4 Å². The van der Waals surface area contributed by atoms with Crippen LogP contribution in [0.2, 0.25) is 0 Å². The number of hydrogen-bond donors (Lipinski definition) is 3. The molecule has 5 rings (SSSR count). The van der Waals surface area contributed by atoms with E-state index in [9.17, 15) is 29.0 Å². The van der Waals surface area contributed by atoms with E-state index in [4.69, 9.17) is 9.47 Å².